The van der Waals surface area contributed by atoms with Crippen LogP contribution >= 0.6 is 12.4 Å². The fourth-order valence-electron chi connectivity index (χ4n) is 2.46. The Morgan fingerprint density at radius 1 is 1.50 bits per heavy atom. The van der Waals surface area contributed by atoms with Crippen LogP contribution in [0.3, 0.4) is 0 Å². The van der Waals surface area contributed by atoms with Gasteiger partial charge in [-0.05, 0) is 45.0 Å². The van der Waals surface area contributed by atoms with Gasteiger partial charge in [-0.15, -0.1) is 12.4 Å². The number of carbonyl (C=O) groups is 1. The molecule has 1 saturated heterocycles. The normalized spacial score (nSPS) is 18.8. The quantitative estimate of drug-likeness (QED) is 0.903. The Kier molecular flexibility index (Phi) is 5.23. The van der Waals surface area contributed by atoms with Gasteiger partial charge in [-0.25, -0.2) is 0 Å². The summed E-state index contributed by atoms with van der Waals surface area (Å²) in [5.41, 5.74) is 1.92. The highest BCUT2D eigenvalue weighted by atomic mass is 35.5. The molecule has 1 atom stereocenters. The average Bonchev–Trinajstić information content (AvgIpc) is 2.88. The summed E-state index contributed by atoms with van der Waals surface area (Å²) in [5.74, 6) is 0.768. The first-order valence-electron chi connectivity index (χ1n) is 6.19. The van der Waals surface area contributed by atoms with Gasteiger partial charge in [0.1, 0.15) is 5.69 Å². The van der Waals surface area contributed by atoms with Crippen molar-refractivity contribution in [1.82, 2.24) is 14.8 Å². The summed E-state index contributed by atoms with van der Waals surface area (Å²) in [4.78, 5) is 14.3. The Hall–Kier alpha value is -1.00. The highest BCUT2D eigenvalue weighted by Crippen LogP contribution is 2.18. The van der Waals surface area contributed by atoms with Crippen LogP contribution in [-0.2, 0) is 7.05 Å². The number of likely N-dealkylation sites (tertiary alicyclic amines) is 1. The lowest BCUT2D eigenvalue weighted by Crippen LogP contribution is -2.31. The molecular formula is C13H22ClN3O. The summed E-state index contributed by atoms with van der Waals surface area (Å²) >= 11 is 0. The molecule has 0 saturated carbocycles. The zero-order valence-corrected chi connectivity index (χ0v) is 12.1. The molecular weight excluding hydrogens is 250 g/mol. The van der Waals surface area contributed by atoms with E-state index in [1.54, 1.807) is 0 Å². The van der Waals surface area contributed by atoms with Crippen molar-refractivity contribution in [2.75, 3.05) is 26.7 Å². The lowest BCUT2D eigenvalue weighted by Gasteiger charge is -2.17. The lowest BCUT2D eigenvalue weighted by atomic mass is 10.1. The van der Waals surface area contributed by atoms with E-state index in [2.05, 4.69) is 5.32 Å². The molecule has 0 bridgehead atoms. The maximum atomic E-state index is 12.3. The number of rotatable bonds is 3. The smallest absolute Gasteiger partial charge is 0.270 e. The summed E-state index contributed by atoms with van der Waals surface area (Å²) in [6.45, 7) is 4.78. The van der Waals surface area contributed by atoms with E-state index in [0.29, 0.717) is 5.92 Å². The predicted octanol–water partition coefficient (Wildman–Crippen LogP) is 1.44. The Morgan fingerprint density at radius 3 is 2.78 bits per heavy atom. The molecule has 4 nitrogen and oxygen atoms in total. The number of hydrogen-bond donors (Lipinski definition) is 1. The van der Waals surface area contributed by atoms with E-state index in [-0.39, 0.29) is 18.3 Å². The summed E-state index contributed by atoms with van der Waals surface area (Å²) in [7, 11) is 3.91. The minimum absolute atomic E-state index is 0. The number of nitrogens with one attached hydrogen (secondary N) is 1. The topological polar surface area (TPSA) is 37.3 Å². The van der Waals surface area contributed by atoms with Crippen LogP contribution in [0, 0.1) is 12.8 Å². The summed E-state index contributed by atoms with van der Waals surface area (Å²) in [6.07, 6.45) is 1.11. The molecule has 1 amide bonds. The Balaban J connectivity index is 0.00000162. The van der Waals surface area contributed by atoms with E-state index in [1.807, 2.05) is 42.6 Å². The first-order chi connectivity index (χ1) is 8.13. The number of hydrogen-bond acceptors (Lipinski definition) is 2. The molecule has 5 heteroatoms. The SMILES string of the molecule is CNCC1CCN(C(=O)c2ccc(C)n2C)C1.Cl. The molecule has 102 valence electrons. The van der Waals surface area contributed by atoms with Crippen molar-refractivity contribution in [3.8, 4) is 0 Å². The molecule has 1 aliphatic rings. The fourth-order valence-corrected chi connectivity index (χ4v) is 2.46. The Bertz CT molecular complexity index is 416. The molecule has 18 heavy (non-hydrogen) atoms. The van der Waals surface area contributed by atoms with Crippen LogP contribution in [0.4, 0.5) is 0 Å². The van der Waals surface area contributed by atoms with Crippen LogP contribution in [0.15, 0.2) is 12.1 Å². The number of carbonyl (C=O) groups excluding carboxylic acids is 1. The highest BCUT2D eigenvalue weighted by Gasteiger charge is 2.27. The number of nitrogens with zero attached hydrogens (tertiary/aromatic N) is 2. The third-order valence-corrected chi connectivity index (χ3v) is 3.66. The molecule has 1 N–H and O–H groups in total. The van der Waals surface area contributed by atoms with Crippen molar-refractivity contribution in [1.29, 1.82) is 0 Å². The number of amides is 1. The molecule has 2 rings (SSSR count). The molecule has 0 spiro atoms. The molecule has 1 unspecified atom stereocenters. The minimum atomic E-state index is 0. The summed E-state index contributed by atoms with van der Waals surface area (Å²) in [6, 6.07) is 3.91. The average molecular weight is 272 g/mol. The van der Waals surface area contributed by atoms with E-state index in [1.165, 1.54) is 0 Å². The number of aryl methyl sites for hydroxylation is 1. The second-order valence-corrected chi connectivity index (χ2v) is 4.88. The van der Waals surface area contributed by atoms with Crippen LogP contribution in [-0.4, -0.2) is 42.1 Å². The largest absolute Gasteiger partial charge is 0.344 e. The van der Waals surface area contributed by atoms with Crippen molar-refractivity contribution in [2.45, 2.75) is 13.3 Å². The Labute approximate surface area is 115 Å². The monoisotopic (exact) mass is 271 g/mol. The van der Waals surface area contributed by atoms with Crippen molar-refractivity contribution >= 4 is 18.3 Å². The van der Waals surface area contributed by atoms with Crippen LogP contribution in [0.25, 0.3) is 0 Å². The van der Waals surface area contributed by atoms with Crippen molar-refractivity contribution in [3.63, 3.8) is 0 Å². The van der Waals surface area contributed by atoms with Crippen LogP contribution in [0.1, 0.15) is 22.6 Å². The summed E-state index contributed by atoms with van der Waals surface area (Å²) < 4.78 is 1.97. The van der Waals surface area contributed by atoms with E-state index >= 15 is 0 Å². The van der Waals surface area contributed by atoms with Gasteiger partial charge < -0.3 is 14.8 Å². The van der Waals surface area contributed by atoms with E-state index in [4.69, 9.17) is 0 Å². The molecule has 1 aromatic heterocycles. The van der Waals surface area contributed by atoms with Gasteiger partial charge in [0, 0.05) is 25.8 Å². The molecule has 1 aliphatic heterocycles. The molecule has 1 aromatic rings. The molecule has 1 fully saturated rings. The molecule has 0 aliphatic carbocycles. The second kappa shape index (κ2) is 6.25. The molecule has 2 heterocycles. The maximum absolute atomic E-state index is 12.3. The van der Waals surface area contributed by atoms with Gasteiger partial charge in [0.05, 0.1) is 0 Å². The molecule has 0 radical (unpaired) electrons. The number of halogens is 1. The standard InChI is InChI=1S/C13H21N3O.ClH/c1-10-4-5-12(15(10)3)13(17)16-7-6-11(9-16)8-14-2;/h4-5,11,14H,6-9H2,1-3H3;1H. The van der Waals surface area contributed by atoms with Crippen molar-refractivity contribution < 1.29 is 4.79 Å². The Morgan fingerprint density at radius 2 is 2.22 bits per heavy atom. The van der Waals surface area contributed by atoms with E-state index in [9.17, 15) is 4.79 Å². The van der Waals surface area contributed by atoms with Crippen LogP contribution in [0.2, 0.25) is 0 Å². The summed E-state index contributed by atoms with van der Waals surface area (Å²) in [5, 5.41) is 3.18. The third kappa shape index (κ3) is 2.87. The van der Waals surface area contributed by atoms with Gasteiger partial charge >= 0.3 is 0 Å². The van der Waals surface area contributed by atoms with Gasteiger partial charge in [0.15, 0.2) is 0 Å². The highest BCUT2D eigenvalue weighted by molar-refractivity contribution is 5.93. The first kappa shape index (κ1) is 15.1. The van der Waals surface area contributed by atoms with Gasteiger partial charge in [0.2, 0.25) is 0 Å². The zero-order valence-electron chi connectivity index (χ0n) is 11.3. The van der Waals surface area contributed by atoms with Gasteiger partial charge in [-0.1, -0.05) is 0 Å². The molecule has 0 aromatic carbocycles. The van der Waals surface area contributed by atoms with Crippen LogP contribution < -0.4 is 5.32 Å². The predicted molar refractivity (Wildman–Crippen MR) is 75.3 cm³/mol. The maximum Gasteiger partial charge on any atom is 0.270 e. The fraction of sp³-hybridized carbons (Fsp3) is 0.615. The van der Waals surface area contributed by atoms with Gasteiger partial charge in [-0.3, -0.25) is 4.79 Å². The van der Waals surface area contributed by atoms with Crippen molar-refractivity contribution in [2.24, 2.45) is 13.0 Å². The lowest BCUT2D eigenvalue weighted by molar-refractivity contribution is 0.0777. The second-order valence-electron chi connectivity index (χ2n) is 4.88. The van der Waals surface area contributed by atoms with Gasteiger partial charge in [-0.2, -0.15) is 0 Å². The third-order valence-electron chi connectivity index (χ3n) is 3.66. The van der Waals surface area contributed by atoms with Crippen LogP contribution in [0.5, 0.6) is 0 Å². The van der Waals surface area contributed by atoms with Gasteiger partial charge in [0.25, 0.3) is 5.91 Å². The van der Waals surface area contributed by atoms with E-state index < -0.39 is 0 Å². The minimum Gasteiger partial charge on any atom is -0.344 e. The number of aromatic nitrogens is 1. The first-order valence-corrected chi connectivity index (χ1v) is 6.19. The zero-order chi connectivity index (χ0) is 12.4. The van der Waals surface area contributed by atoms with E-state index in [0.717, 1.165) is 37.4 Å². The van der Waals surface area contributed by atoms with Crippen molar-refractivity contribution in [3.05, 3.63) is 23.5 Å².